The summed E-state index contributed by atoms with van der Waals surface area (Å²) in [4.78, 5) is 77.9. The van der Waals surface area contributed by atoms with E-state index in [0.29, 0.717) is 36.5 Å². The Morgan fingerprint density at radius 1 is 1.14 bits per heavy atom. The summed E-state index contributed by atoms with van der Waals surface area (Å²) in [5.41, 5.74) is -1.05. The van der Waals surface area contributed by atoms with Crippen molar-refractivity contribution in [2.24, 2.45) is 5.92 Å². The van der Waals surface area contributed by atoms with Gasteiger partial charge in [0.2, 0.25) is 11.8 Å². The van der Waals surface area contributed by atoms with E-state index >= 15 is 0 Å². The maximum absolute atomic E-state index is 13.5. The SMILES string of the molecule is CNC(=O)C[C@H](OC(=O)[C@H](C)N(C)C(=O)CCCCCN1C(=O)C=CC1=O)[C@]1(C)OC1[C@H](C)[C@@H]1C[C@](O)([C@@H](/C=C/C=C(\C)Cc2ccc(Cl)c(OC)c2)OC)NC(=O)O1. The number of benzene rings is 1. The van der Waals surface area contributed by atoms with Crippen LogP contribution in [0.3, 0.4) is 0 Å². The van der Waals surface area contributed by atoms with Gasteiger partial charge in [0.1, 0.15) is 35.7 Å². The first-order valence-electron chi connectivity index (χ1n) is 19.7. The number of imide groups is 1. The number of ether oxygens (including phenoxy) is 5. The van der Waals surface area contributed by atoms with Gasteiger partial charge in [-0.1, -0.05) is 54.8 Å². The number of epoxide rings is 1. The fourth-order valence-electron chi connectivity index (χ4n) is 7.29. The number of amides is 5. The van der Waals surface area contributed by atoms with Gasteiger partial charge in [0.25, 0.3) is 11.8 Å². The summed E-state index contributed by atoms with van der Waals surface area (Å²) in [5, 5.41) is 17.3. The first-order valence-corrected chi connectivity index (χ1v) is 20.0. The number of allylic oxidation sites excluding steroid dienone is 3. The number of hydrogen-bond acceptors (Lipinski definition) is 12. The van der Waals surface area contributed by atoms with Crippen LogP contribution in [0.4, 0.5) is 4.79 Å². The number of aliphatic hydroxyl groups is 1. The molecule has 1 aromatic carbocycles. The summed E-state index contributed by atoms with van der Waals surface area (Å²) < 4.78 is 28.6. The van der Waals surface area contributed by atoms with Crippen LogP contribution in [-0.4, -0.2) is 127 Å². The standard InChI is InChI=1S/C42H57ClN4O12/c1-25(21-28-16-17-29(43)30(22-28)55-7)13-12-14-32(56-8)42(54)24-31(57-40(53)45-42)26(2)38-41(4,59-38)33(23-34(48)44-5)58-39(52)27(3)46(6)35(49)15-10-9-11-20-47-36(50)18-19-37(47)51/h12-14,16-19,22,26-27,31-33,38,54H,9-11,15,20-21,23-24H2,1-8H3,(H,44,48)(H,45,53)/b14-12+,25-13+/t26-,27+,31+,32-,33+,38?,41+,42+/m1/s1. The number of methoxy groups -OCH3 is 2. The van der Waals surface area contributed by atoms with E-state index in [1.807, 2.05) is 25.1 Å². The second kappa shape index (κ2) is 20.5. The molecule has 0 aromatic heterocycles. The number of hydrogen-bond donors (Lipinski definition) is 3. The lowest BCUT2D eigenvalue weighted by Crippen LogP contribution is -2.63. The molecular weight excluding hydrogens is 788 g/mol. The zero-order valence-electron chi connectivity index (χ0n) is 35.0. The minimum atomic E-state index is -1.86. The van der Waals surface area contributed by atoms with Crippen LogP contribution in [0.25, 0.3) is 0 Å². The van der Waals surface area contributed by atoms with E-state index in [-0.39, 0.29) is 43.5 Å². The maximum atomic E-state index is 13.5. The van der Waals surface area contributed by atoms with Crippen LogP contribution in [0.15, 0.2) is 54.2 Å². The normalized spacial score (nSPS) is 24.9. The largest absolute Gasteiger partial charge is 0.495 e. The summed E-state index contributed by atoms with van der Waals surface area (Å²) in [6, 6.07) is 4.54. The number of cyclic esters (lactones) is 1. The number of esters is 1. The third kappa shape index (κ3) is 11.9. The number of nitrogens with one attached hydrogen (secondary N) is 2. The molecule has 1 unspecified atom stereocenters. The first-order chi connectivity index (χ1) is 27.9. The molecule has 2 saturated heterocycles. The Bertz CT molecular complexity index is 1820. The fraction of sp³-hybridized carbons (Fsp3) is 0.571. The average molecular weight is 845 g/mol. The highest BCUT2D eigenvalue weighted by Crippen LogP contribution is 2.48. The summed E-state index contributed by atoms with van der Waals surface area (Å²) >= 11 is 6.16. The van der Waals surface area contributed by atoms with Crippen LogP contribution in [0.2, 0.25) is 5.02 Å². The molecular formula is C42H57ClN4O12. The zero-order chi connectivity index (χ0) is 43.7. The van der Waals surface area contributed by atoms with Crippen molar-refractivity contribution in [3.05, 3.63) is 64.7 Å². The van der Waals surface area contributed by atoms with Gasteiger partial charge in [-0.05, 0) is 57.7 Å². The second-order valence-electron chi connectivity index (χ2n) is 15.4. The molecule has 3 aliphatic rings. The maximum Gasteiger partial charge on any atom is 0.409 e. The second-order valence-corrected chi connectivity index (χ2v) is 15.8. The van der Waals surface area contributed by atoms with Gasteiger partial charge in [0, 0.05) is 58.7 Å². The van der Waals surface area contributed by atoms with E-state index in [0.717, 1.165) is 16.0 Å². The summed E-state index contributed by atoms with van der Waals surface area (Å²) in [7, 11) is 5.91. The van der Waals surface area contributed by atoms with Gasteiger partial charge in [-0.25, -0.2) is 9.59 Å². The van der Waals surface area contributed by atoms with Crippen LogP contribution in [-0.2, 0) is 49.3 Å². The summed E-state index contributed by atoms with van der Waals surface area (Å²) in [6.45, 7) is 7.21. The molecule has 59 heavy (non-hydrogen) atoms. The molecule has 2 fully saturated rings. The number of nitrogens with zero attached hydrogens (tertiary/aromatic N) is 2. The smallest absolute Gasteiger partial charge is 0.409 e. The van der Waals surface area contributed by atoms with E-state index in [1.54, 1.807) is 39.2 Å². The number of alkyl carbamates (subject to hydrolysis) is 1. The van der Waals surface area contributed by atoms with Crippen molar-refractivity contribution < 1.29 is 57.6 Å². The Labute approximate surface area is 350 Å². The van der Waals surface area contributed by atoms with Gasteiger partial charge in [-0.15, -0.1) is 0 Å². The number of rotatable bonds is 21. The lowest BCUT2D eigenvalue weighted by Gasteiger charge is -2.42. The van der Waals surface area contributed by atoms with Gasteiger partial charge < -0.3 is 39.0 Å². The Kier molecular flexibility index (Phi) is 16.3. The minimum Gasteiger partial charge on any atom is -0.495 e. The Balaban J connectivity index is 1.36. The highest BCUT2D eigenvalue weighted by atomic mass is 35.5. The molecule has 3 aliphatic heterocycles. The molecule has 0 aliphatic carbocycles. The quantitative estimate of drug-likeness (QED) is 0.0533. The molecule has 3 heterocycles. The van der Waals surface area contributed by atoms with Crippen molar-refractivity contribution in [1.29, 1.82) is 0 Å². The van der Waals surface area contributed by atoms with Gasteiger partial charge >= 0.3 is 12.1 Å². The molecule has 8 atom stereocenters. The first kappa shape index (κ1) is 46.9. The van der Waals surface area contributed by atoms with Crippen molar-refractivity contribution in [2.45, 2.75) is 114 Å². The van der Waals surface area contributed by atoms with Crippen molar-refractivity contribution in [3.8, 4) is 5.75 Å². The predicted octanol–water partition coefficient (Wildman–Crippen LogP) is 3.77. The Hall–Kier alpha value is -4.77. The third-order valence-electron chi connectivity index (χ3n) is 11.2. The van der Waals surface area contributed by atoms with Crippen molar-refractivity contribution in [3.63, 3.8) is 0 Å². The molecule has 1 aromatic rings. The lowest BCUT2D eigenvalue weighted by molar-refractivity contribution is -0.162. The molecule has 16 nitrogen and oxygen atoms in total. The zero-order valence-corrected chi connectivity index (χ0v) is 35.7. The number of halogens is 1. The molecule has 17 heteroatoms. The van der Waals surface area contributed by atoms with Crippen LogP contribution < -0.4 is 15.4 Å². The number of carbonyl (C=O) groups is 6. The van der Waals surface area contributed by atoms with Gasteiger partial charge in [-0.3, -0.25) is 29.4 Å². The van der Waals surface area contributed by atoms with Gasteiger partial charge in [0.05, 0.1) is 24.7 Å². The molecule has 0 radical (unpaired) electrons. The van der Waals surface area contributed by atoms with Crippen LogP contribution in [0.5, 0.6) is 5.75 Å². The highest BCUT2D eigenvalue weighted by molar-refractivity contribution is 6.32. The van der Waals surface area contributed by atoms with Crippen LogP contribution in [0, 0.1) is 5.92 Å². The molecule has 0 saturated carbocycles. The molecule has 5 amide bonds. The molecule has 0 spiro atoms. The average Bonchev–Trinajstić information content (AvgIpc) is 3.80. The topological polar surface area (TPSA) is 203 Å². The number of carbonyl (C=O) groups excluding carboxylic acids is 6. The number of likely N-dealkylation sites (N-methyl/N-ethyl adjacent to an activating group) is 1. The highest BCUT2D eigenvalue weighted by Gasteiger charge is 2.64. The van der Waals surface area contributed by atoms with E-state index in [2.05, 4.69) is 10.6 Å². The monoisotopic (exact) mass is 844 g/mol. The minimum absolute atomic E-state index is 0.0818. The van der Waals surface area contributed by atoms with Crippen LogP contribution in [0.1, 0.15) is 71.8 Å². The third-order valence-corrected chi connectivity index (χ3v) is 11.5. The molecule has 3 N–H and O–H groups in total. The van der Waals surface area contributed by atoms with Crippen LogP contribution >= 0.6 is 11.6 Å². The molecule has 4 rings (SSSR count). The van der Waals surface area contributed by atoms with Gasteiger partial charge in [-0.2, -0.15) is 0 Å². The lowest BCUT2D eigenvalue weighted by atomic mass is 9.83. The molecule has 0 bridgehead atoms. The van der Waals surface area contributed by atoms with Crippen molar-refractivity contribution >= 4 is 47.3 Å². The Morgan fingerprint density at radius 3 is 2.47 bits per heavy atom. The van der Waals surface area contributed by atoms with Crippen molar-refractivity contribution in [1.82, 2.24) is 20.4 Å². The van der Waals surface area contributed by atoms with E-state index in [4.69, 9.17) is 35.3 Å². The van der Waals surface area contributed by atoms with Gasteiger partial charge in [0.15, 0.2) is 5.72 Å². The predicted molar refractivity (Wildman–Crippen MR) is 216 cm³/mol. The Morgan fingerprint density at radius 2 is 1.83 bits per heavy atom. The summed E-state index contributed by atoms with van der Waals surface area (Å²) in [6.07, 6.45) is 5.30. The molecule has 324 valence electrons. The van der Waals surface area contributed by atoms with E-state index in [9.17, 15) is 33.9 Å². The van der Waals surface area contributed by atoms with E-state index < -0.39 is 65.7 Å². The van der Waals surface area contributed by atoms with E-state index in [1.165, 1.54) is 45.2 Å². The summed E-state index contributed by atoms with van der Waals surface area (Å²) in [5.74, 6) is -2.13. The number of unbranched alkanes of at least 4 members (excludes halogenated alkanes) is 2. The fourth-order valence-corrected chi connectivity index (χ4v) is 7.49. The van der Waals surface area contributed by atoms with Crippen molar-refractivity contribution in [2.75, 3.05) is 34.9 Å².